The van der Waals surface area contributed by atoms with Crippen molar-refractivity contribution in [3.8, 4) is 17.2 Å². The molecule has 2 rings (SSSR count). The highest BCUT2D eigenvalue weighted by Crippen LogP contribution is 2.41. The van der Waals surface area contributed by atoms with Gasteiger partial charge >= 0.3 is 0 Å². The van der Waals surface area contributed by atoms with Crippen molar-refractivity contribution in [2.75, 3.05) is 28.4 Å². The quantitative estimate of drug-likeness (QED) is 0.815. The van der Waals surface area contributed by atoms with E-state index in [2.05, 4.69) is 11.4 Å². The van der Waals surface area contributed by atoms with E-state index in [4.69, 9.17) is 14.2 Å². The smallest absolute Gasteiger partial charge is 0.203 e. The highest BCUT2D eigenvalue weighted by Gasteiger charge is 2.21. The second-order valence-corrected chi connectivity index (χ2v) is 5.21. The molecule has 0 saturated heterocycles. The second-order valence-electron chi connectivity index (χ2n) is 5.21. The summed E-state index contributed by atoms with van der Waals surface area (Å²) in [5.74, 6) is 2.03. The predicted molar refractivity (Wildman–Crippen MR) is 84.4 cm³/mol. The fourth-order valence-electron chi connectivity index (χ4n) is 2.96. The van der Waals surface area contributed by atoms with Gasteiger partial charge in [0.25, 0.3) is 0 Å². The number of nitrogens with one attached hydrogen (secondary N) is 1. The lowest BCUT2D eigenvalue weighted by Crippen LogP contribution is -2.20. The summed E-state index contributed by atoms with van der Waals surface area (Å²) in [5.41, 5.74) is 2.58. The van der Waals surface area contributed by atoms with Crippen molar-refractivity contribution in [1.29, 1.82) is 0 Å². The predicted octanol–water partition coefficient (Wildman–Crippen LogP) is 3.47. The Morgan fingerprint density at radius 3 is 2.10 bits per heavy atom. The van der Waals surface area contributed by atoms with Crippen molar-refractivity contribution in [2.24, 2.45) is 0 Å². The molecule has 1 aromatic carbocycles. The fraction of sp³-hybridized carbons (Fsp3) is 0.529. The van der Waals surface area contributed by atoms with Crippen LogP contribution in [-0.2, 0) is 0 Å². The minimum atomic E-state index is 0.194. The van der Waals surface area contributed by atoms with Gasteiger partial charge in [-0.2, -0.15) is 0 Å². The van der Waals surface area contributed by atoms with Crippen molar-refractivity contribution < 1.29 is 14.2 Å². The molecule has 1 aliphatic carbocycles. The van der Waals surface area contributed by atoms with E-state index in [1.807, 2.05) is 19.2 Å². The van der Waals surface area contributed by atoms with E-state index in [1.165, 1.54) is 18.4 Å². The Bertz CT molecular complexity index is 486. The molecular formula is C17H25NO3. The molecule has 0 fully saturated rings. The van der Waals surface area contributed by atoms with Gasteiger partial charge in [-0.15, -0.1) is 0 Å². The van der Waals surface area contributed by atoms with Crippen LogP contribution in [0.25, 0.3) is 0 Å². The first kappa shape index (κ1) is 15.7. The Kier molecular flexibility index (Phi) is 5.51. The summed E-state index contributed by atoms with van der Waals surface area (Å²) in [6.07, 6.45) is 7.21. The van der Waals surface area contributed by atoms with E-state index in [1.54, 1.807) is 21.3 Å². The van der Waals surface area contributed by atoms with Crippen LogP contribution in [0.3, 0.4) is 0 Å². The minimum absolute atomic E-state index is 0.194. The van der Waals surface area contributed by atoms with Crippen LogP contribution in [0.4, 0.5) is 0 Å². The number of hydrogen-bond donors (Lipinski definition) is 1. The summed E-state index contributed by atoms with van der Waals surface area (Å²) in [7, 11) is 6.91. The summed E-state index contributed by atoms with van der Waals surface area (Å²) in [5, 5.41) is 3.41. The lowest BCUT2D eigenvalue weighted by Gasteiger charge is -2.25. The molecule has 1 aliphatic rings. The van der Waals surface area contributed by atoms with E-state index >= 15 is 0 Å². The van der Waals surface area contributed by atoms with Gasteiger partial charge in [-0.1, -0.05) is 11.6 Å². The van der Waals surface area contributed by atoms with Gasteiger partial charge in [-0.3, -0.25) is 0 Å². The van der Waals surface area contributed by atoms with Crippen LogP contribution in [0.15, 0.2) is 23.8 Å². The van der Waals surface area contributed by atoms with Crippen LogP contribution in [0.2, 0.25) is 0 Å². The van der Waals surface area contributed by atoms with Gasteiger partial charge < -0.3 is 19.5 Å². The Morgan fingerprint density at radius 2 is 1.67 bits per heavy atom. The molecule has 1 N–H and O–H groups in total. The molecule has 0 bridgehead atoms. The van der Waals surface area contributed by atoms with Crippen LogP contribution in [-0.4, -0.2) is 28.4 Å². The number of hydrogen-bond acceptors (Lipinski definition) is 4. The molecule has 1 atom stereocenters. The Hall–Kier alpha value is -1.68. The first-order valence-electron chi connectivity index (χ1n) is 7.41. The van der Waals surface area contributed by atoms with E-state index < -0.39 is 0 Å². The molecule has 0 spiro atoms. The lowest BCUT2D eigenvalue weighted by atomic mass is 9.89. The maximum atomic E-state index is 5.45. The van der Waals surface area contributed by atoms with Crippen molar-refractivity contribution >= 4 is 0 Å². The Balaban J connectivity index is 2.43. The van der Waals surface area contributed by atoms with Crippen molar-refractivity contribution in [3.05, 3.63) is 29.3 Å². The molecule has 0 aromatic heterocycles. The van der Waals surface area contributed by atoms with Crippen LogP contribution >= 0.6 is 0 Å². The van der Waals surface area contributed by atoms with E-state index in [0.29, 0.717) is 17.2 Å². The average molecular weight is 291 g/mol. The highest BCUT2D eigenvalue weighted by atomic mass is 16.5. The van der Waals surface area contributed by atoms with E-state index in [9.17, 15) is 0 Å². The van der Waals surface area contributed by atoms with Gasteiger partial charge in [0.2, 0.25) is 5.75 Å². The molecule has 0 heterocycles. The summed E-state index contributed by atoms with van der Waals surface area (Å²) < 4.78 is 16.3. The van der Waals surface area contributed by atoms with Gasteiger partial charge in [-0.25, -0.2) is 0 Å². The number of rotatable bonds is 6. The van der Waals surface area contributed by atoms with E-state index in [0.717, 1.165) is 18.4 Å². The summed E-state index contributed by atoms with van der Waals surface area (Å²) >= 11 is 0. The normalized spacial score (nSPS) is 16.1. The second kappa shape index (κ2) is 7.36. The van der Waals surface area contributed by atoms with Gasteiger partial charge in [0.05, 0.1) is 27.4 Å². The van der Waals surface area contributed by atoms with Gasteiger partial charge in [0, 0.05) is 0 Å². The lowest BCUT2D eigenvalue weighted by molar-refractivity contribution is 0.323. The summed E-state index contributed by atoms with van der Waals surface area (Å²) in [4.78, 5) is 0. The van der Waals surface area contributed by atoms with Crippen LogP contribution in [0.5, 0.6) is 17.2 Å². The number of allylic oxidation sites excluding steroid dienone is 1. The maximum absolute atomic E-state index is 5.45. The molecular weight excluding hydrogens is 266 g/mol. The van der Waals surface area contributed by atoms with Crippen LogP contribution in [0.1, 0.15) is 37.3 Å². The molecule has 1 unspecified atom stereocenters. The summed E-state index contributed by atoms with van der Waals surface area (Å²) in [6.45, 7) is 0. The molecule has 0 aliphatic heterocycles. The minimum Gasteiger partial charge on any atom is -0.493 e. The van der Waals surface area contributed by atoms with Crippen molar-refractivity contribution in [3.63, 3.8) is 0 Å². The molecule has 0 saturated carbocycles. The molecule has 4 heteroatoms. The number of likely N-dealkylation sites (N-methyl/N-ethyl adjacent to an activating group) is 1. The zero-order chi connectivity index (χ0) is 15.2. The number of ether oxygens (including phenoxy) is 3. The van der Waals surface area contributed by atoms with Crippen molar-refractivity contribution in [1.82, 2.24) is 5.32 Å². The Labute approximate surface area is 127 Å². The molecule has 116 valence electrons. The highest BCUT2D eigenvalue weighted by molar-refractivity contribution is 5.55. The molecule has 0 amide bonds. The average Bonchev–Trinajstić information content (AvgIpc) is 2.55. The Morgan fingerprint density at radius 1 is 1.00 bits per heavy atom. The molecule has 4 nitrogen and oxygen atoms in total. The standard InChI is InChI=1S/C17H25NO3/c1-18-16(12-8-6-5-7-9-12)13-10-14(19-2)17(21-4)15(11-13)20-3/h8,10-11,16,18H,5-7,9H2,1-4H3. The van der Waals surface area contributed by atoms with Crippen molar-refractivity contribution in [2.45, 2.75) is 31.7 Å². The largest absolute Gasteiger partial charge is 0.493 e. The van der Waals surface area contributed by atoms with Gasteiger partial charge in [-0.05, 0) is 50.4 Å². The summed E-state index contributed by atoms with van der Waals surface area (Å²) in [6, 6.07) is 4.25. The monoisotopic (exact) mass is 291 g/mol. The maximum Gasteiger partial charge on any atom is 0.203 e. The third kappa shape index (κ3) is 3.32. The number of methoxy groups -OCH3 is 3. The number of benzene rings is 1. The third-order valence-corrected chi connectivity index (χ3v) is 4.01. The first-order valence-corrected chi connectivity index (χ1v) is 7.41. The fourth-order valence-corrected chi connectivity index (χ4v) is 2.96. The molecule has 21 heavy (non-hydrogen) atoms. The zero-order valence-electron chi connectivity index (χ0n) is 13.4. The molecule has 1 aromatic rings. The van der Waals surface area contributed by atoms with Gasteiger partial charge in [0.15, 0.2) is 11.5 Å². The van der Waals surface area contributed by atoms with Gasteiger partial charge in [0.1, 0.15) is 0 Å². The first-order chi connectivity index (χ1) is 10.2. The third-order valence-electron chi connectivity index (χ3n) is 4.01. The SMILES string of the molecule is CNC(C1=CCCCC1)c1cc(OC)c(OC)c(OC)c1. The van der Waals surface area contributed by atoms with Crippen LogP contribution in [0, 0.1) is 0 Å². The zero-order valence-corrected chi connectivity index (χ0v) is 13.4. The van der Waals surface area contributed by atoms with E-state index in [-0.39, 0.29) is 6.04 Å². The van der Waals surface area contributed by atoms with Crippen LogP contribution < -0.4 is 19.5 Å². The topological polar surface area (TPSA) is 39.7 Å². The molecule has 0 radical (unpaired) electrons.